The first-order valence-electron chi connectivity index (χ1n) is 8.16. The standard InChI is InChI=1S/C18H18ClFN4/c19-15-4-3-12(10-16(15)20)11-24-8-5-13(6-9-24)17-14-2-1-7-21-18(14)23-22-17/h1-4,7,10,13H,5-6,8-9,11H2,(H,21,22,23). The van der Waals surface area contributed by atoms with E-state index in [4.69, 9.17) is 11.6 Å². The fourth-order valence-corrected chi connectivity index (χ4v) is 3.57. The molecule has 24 heavy (non-hydrogen) atoms. The summed E-state index contributed by atoms with van der Waals surface area (Å²) in [6.07, 6.45) is 3.88. The van der Waals surface area contributed by atoms with Crippen molar-refractivity contribution < 1.29 is 4.39 Å². The molecule has 1 aromatic carbocycles. The van der Waals surface area contributed by atoms with Crippen molar-refractivity contribution in [1.29, 1.82) is 0 Å². The summed E-state index contributed by atoms with van der Waals surface area (Å²) in [5.74, 6) is 0.123. The fraction of sp³-hybridized carbons (Fsp3) is 0.333. The second-order valence-electron chi connectivity index (χ2n) is 6.31. The Morgan fingerprint density at radius 1 is 1.25 bits per heavy atom. The summed E-state index contributed by atoms with van der Waals surface area (Å²) in [4.78, 5) is 6.64. The maximum Gasteiger partial charge on any atom is 0.181 e. The number of H-pyrrole nitrogens is 1. The fourth-order valence-electron chi connectivity index (χ4n) is 3.46. The highest BCUT2D eigenvalue weighted by Crippen LogP contribution is 2.31. The number of nitrogens with one attached hydrogen (secondary N) is 1. The van der Waals surface area contributed by atoms with Gasteiger partial charge in [0.15, 0.2) is 5.65 Å². The number of aromatic nitrogens is 3. The highest BCUT2D eigenvalue weighted by molar-refractivity contribution is 6.30. The van der Waals surface area contributed by atoms with Gasteiger partial charge in [-0.3, -0.25) is 10.00 Å². The summed E-state index contributed by atoms with van der Waals surface area (Å²) in [7, 11) is 0. The molecule has 3 aromatic rings. The van der Waals surface area contributed by atoms with Gasteiger partial charge in [0, 0.05) is 29.7 Å². The molecule has 1 N–H and O–H groups in total. The third kappa shape index (κ3) is 3.01. The van der Waals surface area contributed by atoms with Gasteiger partial charge in [0.2, 0.25) is 0 Å². The first-order valence-corrected chi connectivity index (χ1v) is 8.54. The Hall–Kier alpha value is -1.98. The van der Waals surface area contributed by atoms with Gasteiger partial charge < -0.3 is 0 Å². The van der Waals surface area contributed by atoms with Crippen molar-refractivity contribution in [3.63, 3.8) is 0 Å². The topological polar surface area (TPSA) is 44.8 Å². The number of piperidine rings is 1. The van der Waals surface area contributed by atoms with Gasteiger partial charge in [-0.15, -0.1) is 0 Å². The zero-order valence-electron chi connectivity index (χ0n) is 13.2. The van der Waals surface area contributed by atoms with Gasteiger partial charge in [-0.05, 0) is 55.8 Å². The molecule has 2 aromatic heterocycles. The number of fused-ring (bicyclic) bond motifs is 1. The number of nitrogens with zero attached hydrogens (tertiary/aromatic N) is 3. The maximum absolute atomic E-state index is 13.6. The average Bonchev–Trinajstić information content (AvgIpc) is 3.03. The van der Waals surface area contributed by atoms with Crippen LogP contribution in [0.25, 0.3) is 11.0 Å². The highest BCUT2D eigenvalue weighted by Gasteiger charge is 2.24. The van der Waals surface area contributed by atoms with Gasteiger partial charge in [0.05, 0.1) is 5.02 Å². The van der Waals surface area contributed by atoms with Crippen molar-refractivity contribution in [3.8, 4) is 0 Å². The third-order valence-corrected chi connectivity index (χ3v) is 5.05. The summed E-state index contributed by atoms with van der Waals surface area (Å²) in [5, 5.41) is 8.76. The smallest absolute Gasteiger partial charge is 0.181 e. The molecule has 4 rings (SSSR count). The van der Waals surface area contributed by atoms with Crippen LogP contribution in [-0.2, 0) is 6.54 Å². The summed E-state index contributed by atoms with van der Waals surface area (Å²) < 4.78 is 13.6. The Morgan fingerprint density at radius 3 is 2.88 bits per heavy atom. The SMILES string of the molecule is Fc1cc(CN2CCC(c3[nH]nc4ncccc34)CC2)ccc1Cl. The van der Waals surface area contributed by atoms with Gasteiger partial charge in [-0.2, -0.15) is 5.10 Å². The predicted octanol–water partition coefficient (Wildman–Crippen LogP) is 4.13. The number of hydrogen-bond donors (Lipinski definition) is 1. The van der Waals surface area contributed by atoms with E-state index < -0.39 is 0 Å². The van der Waals surface area contributed by atoms with Crippen LogP contribution < -0.4 is 0 Å². The van der Waals surface area contributed by atoms with Crippen molar-refractivity contribution in [1.82, 2.24) is 20.1 Å². The third-order valence-electron chi connectivity index (χ3n) is 4.75. The summed E-state index contributed by atoms with van der Waals surface area (Å²) in [5.41, 5.74) is 2.94. The van der Waals surface area contributed by atoms with Crippen molar-refractivity contribution in [2.75, 3.05) is 13.1 Å². The largest absolute Gasteiger partial charge is 0.299 e. The summed E-state index contributed by atoms with van der Waals surface area (Å²) in [6.45, 7) is 2.72. The number of likely N-dealkylation sites (tertiary alicyclic amines) is 1. The molecule has 0 amide bonds. The molecule has 0 bridgehead atoms. The molecule has 0 spiro atoms. The van der Waals surface area contributed by atoms with Crippen molar-refractivity contribution in [3.05, 3.63) is 58.6 Å². The minimum atomic E-state index is -0.347. The van der Waals surface area contributed by atoms with Crippen LogP contribution in [0.4, 0.5) is 4.39 Å². The molecule has 124 valence electrons. The van der Waals surface area contributed by atoms with Gasteiger partial charge in [0.25, 0.3) is 0 Å². The number of rotatable bonds is 3. The molecule has 4 nitrogen and oxygen atoms in total. The Labute approximate surface area is 144 Å². The Kier molecular flexibility index (Phi) is 4.21. The second kappa shape index (κ2) is 6.49. The molecule has 0 radical (unpaired) electrons. The normalized spacial score (nSPS) is 16.8. The van der Waals surface area contributed by atoms with E-state index in [2.05, 4.69) is 26.1 Å². The van der Waals surface area contributed by atoms with Crippen molar-refractivity contribution in [2.45, 2.75) is 25.3 Å². The average molecular weight is 345 g/mol. The van der Waals surface area contributed by atoms with Gasteiger partial charge in [-0.1, -0.05) is 17.7 Å². The van der Waals surface area contributed by atoms with E-state index in [-0.39, 0.29) is 10.8 Å². The van der Waals surface area contributed by atoms with E-state index >= 15 is 0 Å². The first kappa shape index (κ1) is 15.5. The number of aromatic amines is 1. The zero-order chi connectivity index (χ0) is 16.5. The first-order chi connectivity index (χ1) is 11.7. The molecule has 1 saturated heterocycles. The molecule has 0 aliphatic carbocycles. The number of hydrogen-bond acceptors (Lipinski definition) is 3. The quantitative estimate of drug-likeness (QED) is 0.777. The molecule has 0 atom stereocenters. The van der Waals surface area contributed by atoms with Gasteiger partial charge >= 0.3 is 0 Å². The monoisotopic (exact) mass is 344 g/mol. The van der Waals surface area contributed by atoms with E-state index in [0.717, 1.165) is 49.1 Å². The van der Waals surface area contributed by atoms with Crippen LogP contribution in [0.3, 0.4) is 0 Å². The lowest BCUT2D eigenvalue weighted by Gasteiger charge is -2.31. The summed E-state index contributed by atoms with van der Waals surface area (Å²) in [6, 6.07) is 9.08. The molecule has 1 aliphatic heterocycles. The number of pyridine rings is 1. The van der Waals surface area contributed by atoms with E-state index in [0.29, 0.717) is 5.92 Å². The van der Waals surface area contributed by atoms with Crippen LogP contribution in [0.15, 0.2) is 36.5 Å². The van der Waals surface area contributed by atoms with Crippen LogP contribution in [0.5, 0.6) is 0 Å². The van der Waals surface area contributed by atoms with Crippen LogP contribution in [-0.4, -0.2) is 33.2 Å². The van der Waals surface area contributed by atoms with Gasteiger partial charge in [0.1, 0.15) is 5.82 Å². The molecule has 0 saturated carbocycles. The minimum absolute atomic E-state index is 0.178. The zero-order valence-corrected chi connectivity index (χ0v) is 13.9. The molecule has 0 unspecified atom stereocenters. The van der Waals surface area contributed by atoms with E-state index in [1.54, 1.807) is 12.3 Å². The van der Waals surface area contributed by atoms with Crippen molar-refractivity contribution >= 4 is 22.6 Å². The van der Waals surface area contributed by atoms with E-state index in [1.807, 2.05) is 12.1 Å². The minimum Gasteiger partial charge on any atom is -0.299 e. The van der Waals surface area contributed by atoms with E-state index in [1.165, 1.54) is 11.8 Å². The molecule has 6 heteroatoms. The van der Waals surface area contributed by atoms with Crippen LogP contribution in [0, 0.1) is 5.82 Å². The lowest BCUT2D eigenvalue weighted by Crippen LogP contribution is -2.32. The van der Waals surface area contributed by atoms with Gasteiger partial charge in [-0.25, -0.2) is 9.37 Å². The lowest BCUT2D eigenvalue weighted by molar-refractivity contribution is 0.203. The van der Waals surface area contributed by atoms with Crippen LogP contribution in [0.2, 0.25) is 5.02 Å². The highest BCUT2D eigenvalue weighted by atomic mass is 35.5. The Bertz CT molecular complexity index is 855. The Balaban J connectivity index is 1.42. The predicted molar refractivity (Wildman–Crippen MR) is 92.6 cm³/mol. The molecule has 1 fully saturated rings. The molecule has 1 aliphatic rings. The number of halogens is 2. The maximum atomic E-state index is 13.6. The molecular weight excluding hydrogens is 327 g/mol. The van der Waals surface area contributed by atoms with Crippen LogP contribution >= 0.6 is 11.6 Å². The Morgan fingerprint density at radius 2 is 2.08 bits per heavy atom. The lowest BCUT2D eigenvalue weighted by atomic mass is 9.92. The summed E-state index contributed by atoms with van der Waals surface area (Å²) >= 11 is 5.74. The molecular formula is C18H18ClFN4. The number of benzene rings is 1. The van der Waals surface area contributed by atoms with Crippen LogP contribution in [0.1, 0.15) is 30.0 Å². The van der Waals surface area contributed by atoms with E-state index in [9.17, 15) is 4.39 Å². The second-order valence-corrected chi connectivity index (χ2v) is 6.72. The van der Waals surface area contributed by atoms with Crippen molar-refractivity contribution in [2.24, 2.45) is 0 Å². The molecule has 3 heterocycles.